The van der Waals surface area contributed by atoms with Crippen LogP contribution in [0.1, 0.15) is 24.5 Å². The van der Waals surface area contributed by atoms with Gasteiger partial charge in [-0.05, 0) is 24.6 Å². The predicted molar refractivity (Wildman–Crippen MR) is 83.4 cm³/mol. The third kappa shape index (κ3) is 2.92. The number of likely N-dealkylation sites (N-methyl/N-ethyl adjacent to an activating group) is 1. The fraction of sp³-hybridized carbons (Fsp3) is 0.333. The summed E-state index contributed by atoms with van der Waals surface area (Å²) >= 11 is 0. The molecule has 2 rings (SSSR count). The van der Waals surface area contributed by atoms with E-state index in [9.17, 15) is 5.11 Å². The summed E-state index contributed by atoms with van der Waals surface area (Å²) in [6, 6.07) is 20.7. The quantitative estimate of drug-likeness (QED) is 0.868. The van der Waals surface area contributed by atoms with Crippen LogP contribution in [0.25, 0.3) is 0 Å². The van der Waals surface area contributed by atoms with Crippen molar-refractivity contribution < 1.29 is 5.11 Å². The molecule has 2 heteroatoms. The topological polar surface area (TPSA) is 23.5 Å². The van der Waals surface area contributed by atoms with Crippen molar-refractivity contribution >= 4 is 0 Å². The van der Waals surface area contributed by atoms with Gasteiger partial charge in [-0.25, -0.2) is 0 Å². The maximum Gasteiger partial charge on any atom is 0.0691 e. The van der Waals surface area contributed by atoms with Crippen LogP contribution in [-0.4, -0.2) is 23.7 Å². The third-order valence-corrected chi connectivity index (χ3v) is 4.15. The molecular weight excluding hydrogens is 246 g/mol. The highest BCUT2D eigenvalue weighted by Gasteiger charge is 2.33. The van der Waals surface area contributed by atoms with Crippen LogP contribution in [0.4, 0.5) is 0 Å². The van der Waals surface area contributed by atoms with Crippen molar-refractivity contribution in [3.8, 4) is 0 Å². The van der Waals surface area contributed by atoms with Crippen molar-refractivity contribution in [3.05, 3.63) is 71.8 Å². The van der Waals surface area contributed by atoms with E-state index in [0.717, 1.165) is 13.0 Å². The van der Waals surface area contributed by atoms with Crippen LogP contribution in [0, 0.1) is 0 Å². The Balaban J connectivity index is 2.28. The Morgan fingerprint density at radius 2 is 1.50 bits per heavy atom. The number of benzene rings is 2. The number of hydrogen-bond donors (Lipinski definition) is 1. The molecule has 0 unspecified atom stereocenters. The van der Waals surface area contributed by atoms with Gasteiger partial charge in [0.25, 0.3) is 0 Å². The lowest BCUT2D eigenvalue weighted by molar-refractivity contribution is 0.0366. The normalized spacial score (nSPS) is 14.2. The molecule has 1 N–H and O–H groups in total. The average Bonchev–Trinajstić information content (AvgIpc) is 2.51. The molecule has 106 valence electrons. The summed E-state index contributed by atoms with van der Waals surface area (Å²) in [6.07, 6.45) is 0.872. The van der Waals surface area contributed by atoms with Crippen molar-refractivity contribution in [1.82, 2.24) is 4.90 Å². The van der Waals surface area contributed by atoms with E-state index in [-0.39, 0.29) is 12.1 Å². The molecule has 0 saturated carbocycles. The highest BCUT2D eigenvalue weighted by Crippen LogP contribution is 2.31. The lowest BCUT2D eigenvalue weighted by Crippen LogP contribution is -2.46. The standard InChI is InChI=1S/C18H23NO/c1-3-18(15-20,17-12-8-5-9-13-17)19(2)14-16-10-6-4-7-11-16/h4-13,20H,3,14-15H2,1-2H3/t18-/m1/s1. The number of aliphatic hydroxyl groups excluding tert-OH is 1. The first-order chi connectivity index (χ1) is 9.73. The largest absolute Gasteiger partial charge is 0.394 e. The molecule has 1 atom stereocenters. The van der Waals surface area contributed by atoms with Gasteiger partial charge < -0.3 is 5.11 Å². The van der Waals surface area contributed by atoms with Crippen LogP contribution in [0.5, 0.6) is 0 Å². The molecular formula is C18H23NO. The van der Waals surface area contributed by atoms with Crippen LogP contribution in [-0.2, 0) is 12.1 Å². The Kier molecular flexibility index (Phi) is 4.94. The Bertz CT molecular complexity index is 505. The van der Waals surface area contributed by atoms with Gasteiger partial charge in [0, 0.05) is 6.54 Å². The second kappa shape index (κ2) is 6.69. The molecule has 0 amide bonds. The van der Waals surface area contributed by atoms with Crippen LogP contribution in [0.15, 0.2) is 60.7 Å². The monoisotopic (exact) mass is 269 g/mol. The minimum Gasteiger partial charge on any atom is -0.394 e. The molecule has 2 aromatic carbocycles. The van der Waals surface area contributed by atoms with Crippen molar-refractivity contribution in [3.63, 3.8) is 0 Å². The number of rotatable bonds is 6. The van der Waals surface area contributed by atoms with Gasteiger partial charge in [-0.2, -0.15) is 0 Å². The molecule has 0 heterocycles. The molecule has 20 heavy (non-hydrogen) atoms. The maximum absolute atomic E-state index is 10.0. The molecule has 2 aromatic rings. The lowest BCUT2D eigenvalue weighted by Gasteiger charge is -2.40. The first-order valence-corrected chi connectivity index (χ1v) is 7.14. The zero-order valence-electron chi connectivity index (χ0n) is 12.3. The molecule has 0 saturated heterocycles. The summed E-state index contributed by atoms with van der Waals surface area (Å²) in [4.78, 5) is 2.25. The minimum atomic E-state index is -0.322. The average molecular weight is 269 g/mol. The van der Waals surface area contributed by atoms with Gasteiger partial charge in [0.2, 0.25) is 0 Å². The van der Waals surface area contributed by atoms with Gasteiger partial charge in [-0.3, -0.25) is 4.90 Å². The van der Waals surface area contributed by atoms with Gasteiger partial charge in [0.15, 0.2) is 0 Å². The van der Waals surface area contributed by atoms with Gasteiger partial charge in [0.1, 0.15) is 0 Å². The third-order valence-electron chi connectivity index (χ3n) is 4.15. The molecule has 0 aromatic heterocycles. The van der Waals surface area contributed by atoms with E-state index in [1.165, 1.54) is 11.1 Å². The van der Waals surface area contributed by atoms with Gasteiger partial charge in [-0.15, -0.1) is 0 Å². The van der Waals surface area contributed by atoms with E-state index >= 15 is 0 Å². The summed E-state index contributed by atoms with van der Waals surface area (Å²) in [6.45, 7) is 3.08. The Morgan fingerprint density at radius 3 is 2.00 bits per heavy atom. The summed E-state index contributed by atoms with van der Waals surface area (Å²) in [5.41, 5.74) is 2.11. The van der Waals surface area contributed by atoms with Crippen LogP contribution < -0.4 is 0 Å². The van der Waals surface area contributed by atoms with E-state index in [4.69, 9.17) is 0 Å². The number of nitrogens with zero attached hydrogens (tertiary/aromatic N) is 1. The van der Waals surface area contributed by atoms with Crippen molar-refractivity contribution in [1.29, 1.82) is 0 Å². The van der Waals surface area contributed by atoms with Gasteiger partial charge in [-0.1, -0.05) is 67.6 Å². The van der Waals surface area contributed by atoms with Crippen LogP contribution >= 0.6 is 0 Å². The first-order valence-electron chi connectivity index (χ1n) is 7.14. The van der Waals surface area contributed by atoms with Crippen LogP contribution in [0.3, 0.4) is 0 Å². The van der Waals surface area contributed by atoms with E-state index in [1.54, 1.807) is 0 Å². The van der Waals surface area contributed by atoms with Gasteiger partial charge >= 0.3 is 0 Å². The van der Waals surface area contributed by atoms with E-state index in [0.29, 0.717) is 0 Å². The fourth-order valence-corrected chi connectivity index (χ4v) is 2.78. The van der Waals surface area contributed by atoms with Crippen molar-refractivity contribution in [2.75, 3.05) is 13.7 Å². The maximum atomic E-state index is 10.0. The molecule has 0 bridgehead atoms. The van der Waals surface area contributed by atoms with Crippen molar-refractivity contribution in [2.24, 2.45) is 0 Å². The summed E-state index contributed by atoms with van der Waals surface area (Å²) < 4.78 is 0. The Hall–Kier alpha value is -1.64. The molecule has 2 nitrogen and oxygen atoms in total. The molecule has 0 radical (unpaired) electrons. The van der Waals surface area contributed by atoms with E-state index in [1.807, 2.05) is 24.3 Å². The summed E-state index contributed by atoms with van der Waals surface area (Å²) in [7, 11) is 2.08. The van der Waals surface area contributed by atoms with Crippen LogP contribution in [0.2, 0.25) is 0 Å². The molecule has 0 aliphatic carbocycles. The highest BCUT2D eigenvalue weighted by molar-refractivity contribution is 5.25. The molecule has 0 aliphatic rings. The highest BCUT2D eigenvalue weighted by atomic mass is 16.3. The van der Waals surface area contributed by atoms with E-state index in [2.05, 4.69) is 55.3 Å². The minimum absolute atomic E-state index is 0.122. The molecule has 0 spiro atoms. The molecule has 0 aliphatic heterocycles. The van der Waals surface area contributed by atoms with Gasteiger partial charge in [0.05, 0.1) is 12.1 Å². The van der Waals surface area contributed by atoms with Crippen molar-refractivity contribution in [2.45, 2.75) is 25.4 Å². The lowest BCUT2D eigenvalue weighted by atomic mass is 9.86. The number of hydrogen-bond acceptors (Lipinski definition) is 2. The fourth-order valence-electron chi connectivity index (χ4n) is 2.78. The first kappa shape index (κ1) is 14.8. The zero-order valence-corrected chi connectivity index (χ0v) is 12.3. The SMILES string of the molecule is CC[C@@](CO)(c1ccccc1)N(C)Cc1ccccc1. The molecule has 0 fully saturated rings. The second-order valence-electron chi connectivity index (χ2n) is 5.25. The Labute approximate surface area is 121 Å². The Morgan fingerprint density at radius 1 is 0.950 bits per heavy atom. The second-order valence-corrected chi connectivity index (χ2v) is 5.25. The summed E-state index contributed by atoms with van der Waals surface area (Å²) in [5, 5.41) is 10.0. The smallest absolute Gasteiger partial charge is 0.0691 e. The zero-order chi connectivity index (χ0) is 14.4. The number of aliphatic hydroxyl groups is 1. The summed E-state index contributed by atoms with van der Waals surface area (Å²) in [5.74, 6) is 0. The predicted octanol–water partition coefficient (Wildman–Crippen LogP) is 3.42. The van der Waals surface area contributed by atoms with E-state index < -0.39 is 0 Å².